The first-order chi connectivity index (χ1) is 8.03. The maximum atomic E-state index is 11.7. The molecule has 0 bridgehead atoms. The molecule has 1 aliphatic rings. The van der Waals surface area contributed by atoms with Crippen molar-refractivity contribution in [2.24, 2.45) is 0 Å². The fraction of sp³-hybridized carbons (Fsp3) is 0.500. The summed E-state index contributed by atoms with van der Waals surface area (Å²) in [5, 5.41) is 0. The number of hydrogen-bond donors (Lipinski definition) is 1. The van der Waals surface area contributed by atoms with Crippen molar-refractivity contribution in [3.05, 3.63) is 29.8 Å². The summed E-state index contributed by atoms with van der Waals surface area (Å²) >= 11 is 0. The van der Waals surface area contributed by atoms with Gasteiger partial charge in [-0.25, -0.2) is 0 Å². The van der Waals surface area contributed by atoms with Gasteiger partial charge in [-0.1, -0.05) is 26.0 Å². The zero-order valence-electron chi connectivity index (χ0n) is 10.2. The lowest BCUT2D eigenvalue weighted by Crippen LogP contribution is -2.20. The topological polar surface area (TPSA) is 49.2 Å². The lowest BCUT2D eigenvalue weighted by Gasteiger charge is -2.11. The Morgan fingerprint density at radius 3 is 2.35 bits per heavy atom. The molecule has 1 atom stereocenters. The molecule has 94 valence electrons. The van der Waals surface area contributed by atoms with Crippen LogP contribution in [0, 0.1) is 0 Å². The standard InChI is InChI=1S/C12H18N2O2S/c1-3-10(2)11-4-6-12(7-5-11)13-17(15,16)14-8-9-14/h4-7,10,13H,3,8-9H2,1-2H3. The van der Waals surface area contributed by atoms with E-state index in [2.05, 4.69) is 18.6 Å². The zero-order valence-corrected chi connectivity index (χ0v) is 11.0. The molecule has 4 nitrogen and oxygen atoms in total. The molecular formula is C12H18N2O2S. The number of anilines is 1. The highest BCUT2D eigenvalue weighted by Gasteiger charge is 2.31. The quantitative estimate of drug-likeness (QED) is 0.819. The van der Waals surface area contributed by atoms with Crippen molar-refractivity contribution < 1.29 is 8.42 Å². The molecule has 0 spiro atoms. The molecule has 0 aliphatic carbocycles. The molecule has 1 aromatic carbocycles. The molecule has 1 fully saturated rings. The van der Waals surface area contributed by atoms with Crippen LogP contribution in [-0.2, 0) is 10.2 Å². The number of nitrogens with one attached hydrogen (secondary N) is 1. The van der Waals surface area contributed by atoms with Crippen LogP contribution < -0.4 is 4.72 Å². The molecule has 1 aromatic rings. The fourth-order valence-corrected chi connectivity index (χ4v) is 2.74. The molecule has 1 aliphatic heterocycles. The smallest absolute Gasteiger partial charge is 0.271 e. The van der Waals surface area contributed by atoms with E-state index in [0.29, 0.717) is 24.7 Å². The van der Waals surface area contributed by atoms with Gasteiger partial charge in [0.1, 0.15) is 0 Å². The largest absolute Gasteiger partial charge is 0.301 e. The second-order valence-electron chi connectivity index (χ2n) is 4.44. The molecule has 1 unspecified atom stereocenters. The van der Waals surface area contributed by atoms with Gasteiger partial charge in [0, 0.05) is 18.8 Å². The maximum absolute atomic E-state index is 11.7. The van der Waals surface area contributed by atoms with E-state index in [9.17, 15) is 8.42 Å². The minimum atomic E-state index is -3.30. The molecule has 1 heterocycles. The van der Waals surface area contributed by atoms with Gasteiger partial charge in [0.25, 0.3) is 0 Å². The van der Waals surface area contributed by atoms with Gasteiger partial charge in [0.05, 0.1) is 0 Å². The Labute approximate surface area is 103 Å². The molecule has 0 aromatic heterocycles. The minimum absolute atomic E-state index is 0.507. The minimum Gasteiger partial charge on any atom is -0.271 e. The highest BCUT2D eigenvalue weighted by molar-refractivity contribution is 7.90. The fourth-order valence-electron chi connectivity index (χ4n) is 1.61. The monoisotopic (exact) mass is 254 g/mol. The van der Waals surface area contributed by atoms with Crippen LogP contribution in [0.15, 0.2) is 24.3 Å². The summed E-state index contributed by atoms with van der Waals surface area (Å²) < 4.78 is 27.3. The maximum Gasteiger partial charge on any atom is 0.301 e. The van der Waals surface area contributed by atoms with Gasteiger partial charge in [0.2, 0.25) is 0 Å². The SMILES string of the molecule is CCC(C)c1ccc(NS(=O)(=O)N2CC2)cc1. The van der Waals surface area contributed by atoms with E-state index in [4.69, 9.17) is 0 Å². The summed E-state index contributed by atoms with van der Waals surface area (Å²) in [6, 6.07) is 7.60. The summed E-state index contributed by atoms with van der Waals surface area (Å²) in [6.45, 7) is 5.55. The lowest BCUT2D eigenvalue weighted by molar-refractivity contribution is 0.569. The number of hydrogen-bond acceptors (Lipinski definition) is 2. The Morgan fingerprint density at radius 1 is 1.29 bits per heavy atom. The lowest BCUT2D eigenvalue weighted by atomic mass is 9.99. The third-order valence-corrected chi connectivity index (χ3v) is 4.62. The predicted molar refractivity (Wildman–Crippen MR) is 69.3 cm³/mol. The summed E-state index contributed by atoms with van der Waals surface area (Å²) in [7, 11) is -3.30. The molecular weight excluding hydrogens is 236 g/mol. The molecule has 17 heavy (non-hydrogen) atoms. The summed E-state index contributed by atoms with van der Waals surface area (Å²) in [4.78, 5) is 0. The number of nitrogens with zero attached hydrogens (tertiary/aromatic N) is 1. The van der Waals surface area contributed by atoms with Gasteiger partial charge in [0.15, 0.2) is 0 Å². The van der Waals surface area contributed by atoms with Gasteiger partial charge in [-0.2, -0.15) is 12.7 Å². The molecule has 0 radical (unpaired) electrons. The number of rotatable bonds is 5. The van der Waals surface area contributed by atoms with Gasteiger partial charge in [-0.15, -0.1) is 0 Å². The van der Waals surface area contributed by atoms with Crippen LogP contribution in [0.25, 0.3) is 0 Å². The first kappa shape index (κ1) is 12.4. The van der Waals surface area contributed by atoms with Crippen molar-refractivity contribution >= 4 is 15.9 Å². The van der Waals surface area contributed by atoms with E-state index in [0.717, 1.165) is 6.42 Å². The van der Waals surface area contributed by atoms with E-state index in [1.54, 1.807) is 0 Å². The zero-order chi connectivity index (χ0) is 12.5. The van der Waals surface area contributed by atoms with Crippen LogP contribution in [0.2, 0.25) is 0 Å². The highest BCUT2D eigenvalue weighted by atomic mass is 32.2. The molecule has 1 N–H and O–H groups in total. The van der Waals surface area contributed by atoms with Gasteiger partial charge in [-0.05, 0) is 30.0 Å². The van der Waals surface area contributed by atoms with Crippen molar-refractivity contribution in [1.29, 1.82) is 0 Å². The Hall–Kier alpha value is -1.07. The molecule has 0 saturated carbocycles. The van der Waals surface area contributed by atoms with Gasteiger partial charge < -0.3 is 0 Å². The van der Waals surface area contributed by atoms with Crippen molar-refractivity contribution in [3.63, 3.8) is 0 Å². The van der Waals surface area contributed by atoms with Crippen LogP contribution in [0.3, 0.4) is 0 Å². The average Bonchev–Trinajstić information content (AvgIpc) is 3.12. The first-order valence-corrected chi connectivity index (χ1v) is 7.35. The van der Waals surface area contributed by atoms with Gasteiger partial charge in [-0.3, -0.25) is 4.72 Å². The molecule has 1 saturated heterocycles. The first-order valence-electron chi connectivity index (χ1n) is 5.91. The number of benzene rings is 1. The van der Waals surface area contributed by atoms with E-state index in [1.807, 2.05) is 24.3 Å². The van der Waals surface area contributed by atoms with E-state index in [-0.39, 0.29) is 0 Å². The molecule has 0 amide bonds. The van der Waals surface area contributed by atoms with Crippen LogP contribution in [0.4, 0.5) is 5.69 Å². The Bertz CT molecular complexity index is 478. The Kier molecular flexibility index (Phi) is 3.40. The third-order valence-electron chi connectivity index (χ3n) is 3.09. The highest BCUT2D eigenvalue weighted by Crippen LogP contribution is 2.22. The molecule has 2 rings (SSSR count). The Balaban J connectivity index is 2.08. The normalized spacial score (nSPS) is 17.8. The van der Waals surface area contributed by atoms with Crippen LogP contribution in [0.5, 0.6) is 0 Å². The van der Waals surface area contributed by atoms with E-state index < -0.39 is 10.2 Å². The van der Waals surface area contributed by atoms with Crippen LogP contribution in [0.1, 0.15) is 31.7 Å². The van der Waals surface area contributed by atoms with Crippen LogP contribution >= 0.6 is 0 Å². The Morgan fingerprint density at radius 2 is 1.88 bits per heavy atom. The van der Waals surface area contributed by atoms with Crippen LogP contribution in [-0.4, -0.2) is 25.8 Å². The predicted octanol–water partition coefficient (Wildman–Crippen LogP) is 2.17. The second-order valence-corrected chi connectivity index (χ2v) is 6.11. The summed E-state index contributed by atoms with van der Waals surface area (Å²) in [5.74, 6) is 0.507. The van der Waals surface area contributed by atoms with Crippen molar-refractivity contribution in [3.8, 4) is 0 Å². The third kappa shape index (κ3) is 2.98. The summed E-state index contributed by atoms with van der Waals surface area (Å²) in [5.41, 5.74) is 1.87. The van der Waals surface area contributed by atoms with Crippen molar-refractivity contribution in [1.82, 2.24) is 4.31 Å². The van der Waals surface area contributed by atoms with Crippen molar-refractivity contribution in [2.75, 3.05) is 17.8 Å². The second kappa shape index (κ2) is 4.66. The average molecular weight is 254 g/mol. The van der Waals surface area contributed by atoms with E-state index >= 15 is 0 Å². The van der Waals surface area contributed by atoms with Crippen molar-refractivity contribution in [2.45, 2.75) is 26.2 Å². The van der Waals surface area contributed by atoms with E-state index in [1.165, 1.54) is 9.87 Å². The summed E-state index contributed by atoms with van der Waals surface area (Å²) in [6.07, 6.45) is 1.08. The van der Waals surface area contributed by atoms with Gasteiger partial charge >= 0.3 is 10.2 Å². The molecule has 5 heteroatoms.